The van der Waals surface area contributed by atoms with Crippen molar-refractivity contribution in [2.24, 2.45) is 0 Å². The van der Waals surface area contributed by atoms with Crippen molar-refractivity contribution in [1.29, 1.82) is 0 Å². The quantitative estimate of drug-likeness (QED) is 0.223. The van der Waals surface area contributed by atoms with Gasteiger partial charge in [-0.15, -0.1) is 0 Å². The van der Waals surface area contributed by atoms with E-state index < -0.39 is 0 Å². The Morgan fingerprint density at radius 1 is 0.875 bits per heavy atom. The number of nitrogens with zero attached hydrogens (tertiary/aromatic N) is 2. The normalized spacial score (nSPS) is 12.9. The Bertz CT molecular complexity index is 1080. The minimum Gasteiger partial charge on any atom is -0.227 e. The van der Waals surface area contributed by atoms with Gasteiger partial charge in [-0.1, -0.05) is 85.9 Å². The summed E-state index contributed by atoms with van der Waals surface area (Å²) < 4.78 is 5.11. The van der Waals surface area contributed by atoms with Gasteiger partial charge in [0.1, 0.15) is 17.6 Å². The van der Waals surface area contributed by atoms with Gasteiger partial charge in [-0.25, -0.2) is 4.57 Å². The largest absolute Gasteiger partial charge is 0.294 e. The predicted octanol–water partition coefficient (Wildman–Crippen LogP) is 8.34. The Morgan fingerprint density at radius 2 is 1.56 bits per heavy atom. The number of aryl methyl sites for hydroxylation is 2. The third kappa shape index (κ3) is 4.11. The number of hydrogen-bond donors (Lipinski definition) is 0. The van der Waals surface area contributed by atoms with E-state index >= 15 is 0 Å². The number of rotatable bonds is 10. The molecule has 0 atom stereocenters. The van der Waals surface area contributed by atoms with Crippen LogP contribution in [-0.4, -0.2) is 4.40 Å². The minimum atomic E-state index is 0.148. The van der Waals surface area contributed by atoms with E-state index in [0.717, 1.165) is 25.8 Å². The van der Waals surface area contributed by atoms with E-state index in [-0.39, 0.29) is 10.8 Å². The van der Waals surface area contributed by atoms with Gasteiger partial charge < -0.3 is 0 Å². The third-order valence-electron chi connectivity index (χ3n) is 8.40. The van der Waals surface area contributed by atoms with Crippen molar-refractivity contribution >= 4 is 16.4 Å². The monoisotopic (exact) mass is 435 g/mol. The first-order chi connectivity index (χ1) is 15.2. The zero-order valence-corrected chi connectivity index (χ0v) is 22.4. The number of pyridine rings is 1. The molecule has 176 valence electrons. The highest BCUT2D eigenvalue weighted by atomic mass is 15.1. The van der Waals surface area contributed by atoms with Crippen LogP contribution in [0.25, 0.3) is 16.4 Å². The molecule has 32 heavy (non-hydrogen) atoms. The summed E-state index contributed by atoms with van der Waals surface area (Å²) >= 11 is 0. The van der Waals surface area contributed by atoms with Gasteiger partial charge in [0.2, 0.25) is 0 Å². The van der Waals surface area contributed by atoms with Gasteiger partial charge in [0.15, 0.2) is 0 Å². The Kier molecular flexibility index (Phi) is 7.42. The second kappa shape index (κ2) is 9.57. The lowest BCUT2D eigenvalue weighted by molar-refractivity contribution is -0.676. The van der Waals surface area contributed by atoms with Gasteiger partial charge in [-0.2, -0.15) is 4.40 Å². The van der Waals surface area contributed by atoms with Crippen LogP contribution in [0.15, 0.2) is 24.4 Å². The summed E-state index contributed by atoms with van der Waals surface area (Å²) in [5, 5.41) is 2.95. The van der Waals surface area contributed by atoms with Crippen LogP contribution in [0.2, 0.25) is 0 Å². The highest BCUT2D eigenvalue weighted by Crippen LogP contribution is 2.42. The molecule has 0 spiro atoms. The fourth-order valence-electron chi connectivity index (χ4n) is 5.57. The maximum absolute atomic E-state index is 2.58. The first-order valence-electron chi connectivity index (χ1n) is 13.1. The molecule has 0 aliphatic heterocycles. The molecule has 2 aromatic heterocycles. The minimum absolute atomic E-state index is 0.148. The molecule has 0 amide bonds. The van der Waals surface area contributed by atoms with E-state index in [1.807, 2.05) is 0 Å². The van der Waals surface area contributed by atoms with Crippen molar-refractivity contribution in [2.45, 2.75) is 125 Å². The van der Waals surface area contributed by atoms with E-state index in [1.54, 1.807) is 0 Å². The van der Waals surface area contributed by atoms with Crippen LogP contribution in [0.5, 0.6) is 0 Å². The summed E-state index contributed by atoms with van der Waals surface area (Å²) in [7, 11) is 0. The average Bonchev–Trinajstić information content (AvgIpc) is 3.02. The molecule has 3 aromatic rings. The summed E-state index contributed by atoms with van der Waals surface area (Å²) in [6.45, 7) is 22.4. The number of imidazole rings is 1. The maximum atomic E-state index is 2.58. The molecule has 0 aliphatic rings. The molecule has 0 unspecified atom stereocenters. The Morgan fingerprint density at radius 3 is 2.16 bits per heavy atom. The maximum Gasteiger partial charge on any atom is 0.294 e. The molecule has 2 heterocycles. The van der Waals surface area contributed by atoms with Crippen molar-refractivity contribution in [3.63, 3.8) is 0 Å². The summed E-state index contributed by atoms with van der Waals surface area (Å²) in [5.41, 5.74) is 7.54. The van der Waals surface area contributed by atoms with Crippen molar-refractivity contribution in [3.05, 3.63) is 46.9 Å². The van der Waals surface area contributed by atoms with E-state index in [4.69, 9.17) is 0 Å². The van der Waals surface area contributed by atoms with Crippen LogP contribution in [0.1, 0.15) is 116 Å². The zero-order valence-electron chi connectivity index (χ0n) is 22.4. The molecule has 2 heteroatoms. The van der Waals surface area contributed by atoms with E-state index in [0.29, 0.717) is 0 Å². The Balaban J connectivity index is 2.49. The van der Waals surface area contributed by atoms with Crippen molar-refractivity contribution in [3.8, 4) is 0 Å². The van der Waals surface area contributed by atoms with Gasteiger partial charge in [-0.05, 0) is 47.5 Å². The van der Waals surface area contributed by atoms with Crippen LogP contribution >= 0.6 is 0 Å². The van der Waals surface area contributed by atoms with E-state index in [2.05, 4.69) is 95.7 Å². The SMILES string of the molecule is CCCCCC(C)(C)c1cn2c(C)c(C)[n+](CCC)c2c2c(C(C)(CC)CC)cccc12. The topological polar surface area (TPSA) is 8.29 Å². The first-order valence-corrected chi connectivity index (χ1v) is 13.1. The van der Waals surface area contributed by atoms with Crippen LogP contribution in [0, 0.1) is 13.8 Å². The van der Waals surface area contributed by atoms with Gasteiger partial charge in [0, 0.05) is 19.4 Å². The number of unbranched alkanes of at least 4 members (excludes halogenated alkanes) is 2. The molecular formula is C30H47N2+. The van der Waals surface area contributed by atoms with Crippen LogP contribution < -0.4 is 4.57 Å². The Labute approximate surface area is 197 Å². The van der Waals surface area contributed by atoms with Crippen LogP contribution in [0.3, 0.4) is 0 Å². The molecule has 0 bridgehead atoms. The van der Waals surface area contributed by atoms with Crippen molar-refractivity contribution in [1.82, 2.24) is 4.40 Å². The van der Waals surface area contributed by atoms with Gasteiger partial charge in [-0.3, -0.25) is 0 Å². The number of hydrogen-bond acceptors (Lipinski definition) is 0. The smallest absolute Gasteiger partial charge is 0.227 e. The van der Waals surface area contributed by atoms with Gasteiger partial charge in [0.25, 0.3) is 5.65 Å². The number of benzene rings is 1. The number of aromatic nitrogens is 2. The highest BCUT2D eigenvalue weighted by molar-refractivity contribution is 5.99. The molecule has 0 N–H and O–H groups in total. The number of fused-ring (bicyclic) bond motifs is 3. The molecule has 0 fully saturated rings. The highest BCUT2D eigenvalue weighted by Gasteiger charge is 2.34. The summed E-state index contributed by atoms with van der Waals surface area (Å²) in [6, 6.07) is 7.13. The second-order valence-electron chi connectivity index (χ2n) is 10.9. The molecule has 2 nitrogen and oxygen atoms in total. The Hall–Kier alpha value is -1.83. The average molecular weight is 436 g/mol. The lowest BCUT2D eigenvalue weighted by Gasteiger charge is -2.31. The van der Waals surface area contributed by atoms with Gasteiger partial charge >= 0.3 is 0 Å². The molecule has 0 radical (unpaired) electrons. The summed E-state index contributed by atoms with van der Waals surface area (Å²) in [6.07, 6.45) is 11.1. The van der Waals surface area contributed by atoms with Crippen LogP contribution in [-0.2, 0) is 17.4 Å². The molecule has 0 saturated carbocycles. The van der Waals surface area contributed by atoms with Crippen molar-refractivity contribution < 1.29 is 4.57 Å². The summed E-state index contributed by atoms with van der Waals surface area (Å²) in [4.78, 5) is 0. The molecule has 0 aliphatic carbocycles. The molecule has 1 aromatic carbocycles. The third-order valence-corrected chi connectivity index (χ3v) is 8.40. The molecule has 3 rings (SSSR count). The second-order valence-corrected chi connectivity index (χ2v) is 10.9. The van der Waals surface area contributed by atoms with E-state index in [9.17, 15) is 0 Å². The van der Waals surface area contributed by atoms with Crippen molar-refractivity contribution in [2.75, 3.05) is 0 Å². The lowest BCUT2D eigenvalue weighted by atomic mass is 9.73. The fourth-order valence-corrected chi connectivity index (χ4v) is 5.57. The molecular weight excluding hydrogens is 388 g/mol. The zero-order chi connectivity index (χ0) is 23.7. The lowest BCUT2D eigenvalue weighted by Crippen LogP contribution is -2.36. The molecule has 0 saturated heterocycles. The predicted molar refractivity (Wildman–Crippen MR) is 140 cm³/mol. The fraction of sp³-hybridized carbons (Fsp3) is 0.633. The summed E-state index contributed by atoms with van der Waals surface area (Å²) in [5.74, 6) is 0. The van der Waals surface area contributed by atoms with Crippen LogP contribution in [0.4, 0.5) is 0 Å². The standard InChI is InChI=1S/C30H47N2/c1-10-14-15-19-29(7,8)26-21-32-23(6)22(5)31(20-11-2)28(32)27-24(26)17-16-18-25(27)30(9,12-3)13-4/h16-18,21H,10-15,19-20H2,1-9H3/q+1. The first kappa shape index (κ1) is 24.8. The van der Waals surface area contributed by atoms with E-state index in [1.165, 1.54) is 64.6 Å². The van der Waals surface area contributed by atoms with Gasteiger partial charge in [0.05, 0.1) is 11.9 Å².